The predicted octanol–water partition coefficient (Wildman–Crippen LogP) is 4.21. The van der Waals surface area contributed by atoms with Crippen molar-refractivity contribution >= 4 is 23.3 Å². The summed E-state index contributed by atoms with van der Waals surface area (Å²) < 4.78 is 11.3. The molecule has 1 aromatic carbocycles. The van der Waals surface area contributed by atoms with E-state index in [0.717, 1.165) is 24.3 Å². The molecule has 2 aromatic rings. The number of anilines is 1. The van der Waals surface area contributed by atoms with Gasteiger partial charge in [0.05, 0.1) is 24.7 Å². The average Bonchev–Trinajstić information content (AvgIpc) is 2.61. The molecule has 1 aliphatic heterocycles. The summed E-state index contributed by atoms with van der Waals surface area (Å²) in [6.07, 6.45) is 3.62. The summed E-state index contributed by atoms with van der Waals surface area (Å²) in [5.41, 5.74) is 0.738. The van der Waals surface area contributed by atoms with Crippen LogP contribution < -0.4 is 14.8 Å². The van der Waals surface area contributed by atoms with Crippen molar-refractivity contribution < 1.29 is 14.3 Å². The van der Waals surface area contributed by atoms with Crippen LogP contribution in [-0.4, -0.2) is 41.7 Å². The highest BCUT2D eigenvalue weighted by Gasteiger charge is 2.32. The van der Waals surface area contributed by atoms with E-state index in [1.165, 1.54) is 6.20 Å². The van der Waals surface area contributed by atoms with Gasteiger partial charge < -0.3 is 19.7 Å². The van der Waals surface area contributed by atoms with Crippen molar-refractivity contribution in [1.82, 2.24) is 9.88 Å². The Morgan fingerprint density at radius 2 is 2.04 bits per heavy atom. The molecule has 26 heavy (non-hydrogen) atoms. The van der Waals surface area contributed by atoms with E-state index < -0.39 is 0 Å². The minimum atomic E-state index is -0.145. The molecule has 0 aliphatic carbocycles. The number of pyridine rings is 1. The smallest absolute Gasteiger partial charge is 0.322 e. The molecule has 1 N–H and O–H groups in total. The van der Waals surface area contributed by atoms with Crippen LogP contribution in [0.1, 0.15) is 19.8 Å². The molecule has 1 aliphatic rings. The van der Waals surface area contributed by atoms with E-state index in [1.807, 2.05) is 24.3 Å². The van der Waals surface area contributed by atoms with Crippen molar-refractivity contribution in [2.24, 2.45) is 0 Å². The second-order valence-corrected chi connectivity index (χ2v) is 6.55. The molecule has 6 nitrogen and oxygen atoms in total. The van der Waals surface area contributed by atoms with Crippen LogP contribution in [0.3, 0.4) is 0 Å². The van der Waals surface area contributed by atoms with Gasteiger partial charge in [0, 0.05) is 18.0 Å². The van der Waals surface area contributed by atoms with E-state index >= 15 is 0 Å². The Hall–Kier alpha value is -2.47. The minimum absolute atomic E-state index is 0.0521. The normalized spacial score (nSPS) is 13.8. The monoisotopic (exact) mass is 375 g/mol. The van der Waals surface area contributed by atoms with Crippen molar-refractivity contribution in [2.75, 3.05) is 25.0 Å². The molecule has 2 heterocycles. The maximum absolute atomic E-state index is 12.2. The summed E-state index contributed by atoms with van der Waals surface area (Å²) in [7, 11) is 0. The quantitative estimate of drug-likeness (QED) is 0.736. The number of ether oxygens (including phenoxy) is 2. The molecule has 0 unspecified atom stereocenters. The van der Waals surface area contributed by atoms with Crippen LogP contribution in [0.25, 0.3) is 0 Å². The Labute approximate surface area is 158 Å². The van der Waals surface area contributed by atoms with Gasteiger partial charge in [0.2, 0.25) is 5.88 Å². The lowest BCUT2D eigenvalue weighted by Gasteiger charge is -2.38. The third-order valence-corrected chi connectivity index (χ3v) is 4.22. The maximum Gasteiger partial charge on any atom is 0.322 e. The fourth-order valence-corrected chi connectivity index (χ4v) is 2.56. The number of unbranched alkanes of at least 4 members (excludes halogenated alkanes) is 1. The number of likely N-dealkylation sites (tertiary alicyclic amines) is 1. The number of amides is 2. The number of benzene rings is 1. The molecule has 0 bridgehead atoms. The van der Waals surface area contributed by atoms with Crippen molar-refractivity contribution in [2.45, 2.75) is 25.9 Å². The van der Waals surface area contributed by atoms with Crippen molar-refractivity contribution in [3.8, 4) is 11.6 Å². The number of rotatable bonds is 7. The van der Waals surface area contributed by atoms with E-state index in [-0.39, 0.29) is 12.1 Å². The Kier molecular flexibility index (Phi) is 6.17. The molecule has 138 valence electrons. The van der Waals surface area contributed by atoms with Gasteiger partial charge in [-0.25, -0.2) is 9.78 Å². The Morgan fingerprint density at radius 1 is 1.27 bits per heavy atom. The Morgan fingerprint density at radius 3 is 2.69 bits per heavy atom. The lowest BCUT2D eigenvalue weighted by atomic mass is 10.2. The van der Waals surface area contributed by atoms with Gasteiger partial charge in [-0.1, -0.05) is 24.9 Å². The number of hydrogen-bond donors (Lipinski definition) is 1. The third kappa shape index (κ3) is 5.02. The van der Waals surface area contributed by atoms with Gasteiger partial charge in [0.25, 0.3) is 0 Å². The molecule has 1 aromatic heterocycles. The first kappa shape index (κ1) is 18.3. The van der Waals surface area contributed by atoms with Crippen molar-refractivity contribution in [1.29, 1.82) is 0 Å². The Bertz CT molecular complexity index is 716. The maximum atomic E-state index is 12.2. The van der Waals surface area contributed by atoms with E-state index in [4.69, 9.17) is 21.1 Å². The molecule has 1 fully saturated rings. The first-order valence-electron chi connectivity index (χ1n) is 8.71. The molecule has 0 atom stereocenters. The van der Waals surface area contributed by atoms with E-state index in [1.54, 1.807) is 17.0 Å². The lowest BCUT2D eigenvalue weighted by molar-refractivity contribution is 0.0461. The standard InChI is InChI=1S/C19H22ClN3O3/c1-2-3-10-25-16-7-5-15(6-8-16)22-19(24)23-12-17(13-23)26-18-9-4-14(20)11-21-18/h4-9,11,17H,2-3,10,12-13H2,1H3,(H,22,24). The fourth-order valence-electron chi connectivity index (χ4n) is 2.45. The average molecular weight is 376 g/mol. The van der Waals surface area contributed by atoms with Gasteiger partial charge in [0.1, 0.15) is 11.9 Å². The van der Waals surface area contributed by atoms with E-state index in [2.05, 4.69) is 17.2 Å². The lowest BCUT2D eigenvalue weighted by Crippen LogP contribution is -2.57. The van der Waals surface area contributed by atoms with Gasteiger partial charge in [0.15, 0.2) is 0 Å². The largest absolute Gasteiger partial charge is 0.494 e. The Balaban J connectivity index is 1.41. The predicted molar refractivity (Wildman–Crippen MR) is 101 cm³/mol. The van der Waals surface area contributed by atoms with Crippen LogP contribution in [0.2, 0.25) is 5.02 Å². The number of nitrogens with zero attached hydrogens (tertiary/aromatic N) is 2. The second-order valence-electron chi connectivity index (χ2n) is 6.12. The van der Waals surface area contributed by atoms with Crippen LogP contribution in [0.4, 0.5) is 10.5 Å². The van der Waals surface area contributed by atoms with Gasteiger partial charge in [-0.15, -0.1) is 0 Å². The van der Waals surface area contributed by atoms with E-state index in [9.17, 15) is 4.79 Å². The number of urea groups is 1. The summed E-state index contributed by atoms with van der Waals surface area (Å²) in [6.45, 7) is 3.88. The molecular formula is C19H22ClN3O3. The van der Waals surface area contributed by atoms with Gasteiger partial charge in [-0.05, 0) is 36.8 Å². The zero-order valence-corrected chi connectivity index (χ0v) is 15.4. The molecule has 0 radical (unpaired) electrons. The molecular weight excluding hydrogens is 354 g/mol. The van der Waals surface area contributed by atoms with Crippen LogP contribution in [0.15, 0.2) is 42.6 Å². The zero-order valence-electron chi connectivity index (χ0n) is 14.7. The summed E-state index contributed by atoms with van der Waals surface area (Å²) in [4.78, 5) is 18.0. The van der Waals surface area contributed by atoms with Crippen LogP contribution in [-0.2, 0) is 0 Å². The highest BCUT2D eigenvalue weighted by molar-refractivity contribution is 6.30. The van der Waals surface area contributed by atoms with E-state index in [0.29, 0.717) is 30.6 Å². The first-order chi connectivity index (χ1) is 12.6. The van der Waals surface area contributed by atoms with Crippen LogP contribution in [0, 0.1) is 0 Å². The highest BCUT2D eigenvalue weighted by atomic mass is 35.5. The fraction of sp³-hybridized carbons (Fsp3) is 0.368. The van der Waals surface area contributed by atoms with Crippen molar-refractivity contribution in [3.05, 3.63) is 47.6 Å². The highest BCUT2D eigenvalue weighted by Crippen LogP contribution is 2.20. The van der Waals surface area contributed by atoms with Gasteiger partial charge in [-0.3, -0.25) is 0 Å². The van der Waals surface area contributed by atoms with Crippen molar-refractivity contribution in [3.63, 3.8) is 0 Å². The first-order valence-corrected chi connectivity index (χ1v) is 9.09. The van der Waals surface area contributed by atoms with Gasteiger partial charge >= 0.3 is 6.03 Å². The topological polar surface area (TPSA) is 63.7 Å². The summed E-state index contributed by atoms with van der Waals surface area (Å²) in [5, 5.41) is 3.44. The second kappa shape index (κ2) is 8.76. The third-order valence-electron chi connectivity index (χ3n) is 4.00. The number of aromatic nitrogens is 1. The summed E-state index contributed by atoms with van der Waals surface area (Å²) >= 11 is 5.79. The minimum Gasteiger partial charge on any atom is -0.494 e. The summed E-state index contributed by atoms with van der Waals surface area (Å²) in [5.74, 6) is 1.32. The molecule has 0 spiro atoms. The van der Waals surface area contributed by atoms with Crippen LogP contribution in [0.5, 0.6) is 11.6 Å². The summed E-state index contributed by atoms with van der Waals surface area (Å²) in [6, 6.07) is 10.7. The van der Waals surface area contributed by atoms with Gasteiger partial charge in [-0.2, -0.15) is 0 Å². The molecule has 0 saturated carbocycles. The zero-order chi connectivity index (χ0) is 18.4. The molecule has 2 amide bonds. The number of hydrogen-bond acceptors (Lipinski definition) is 4. The number of halogens is 1. The molecule has 3 rings (SSSR count). The number of carbonyl (C=O) groups is 1. The SMILES string of the molecule is CCCCOc1ccc(NC(=O)N2CC(Oc3ccc(Cl)cn3)C2)cc1. The molecule has 1 saturated heterocycles. The molecule has 7 heteroatoms. The number of nitrogens with one attached hydrogen (secondary N) is 1. The number of carbonyl (C=O) groups excluding carboxylic acids is 1. The van der Waals surface area contributed by atoms with Crippen LogP contribution >= 0.6 is 11.6 Å².